The lowest BCUT2D eigenvalue weighted by atomic mass is 10.0. The zero-order valence-electron chi connectivity index (χ0n) is 22.3. The lowest BCUT2D eigenvalue weighted by Crippen LogP contribution is -2.56. The number of methoxy groups -OCH3 is 1. The van der Waals surface area contributed by atoms with Crippen molar-refractivity contribution >= 4 is 29.8 Å². The average Bonchev–Trinajstić information content (AvgIpc) is 2.95. The highest BCUT2D eigenvalue weighted by Crippen LogP contribution is 2.08. The highest BCUT2D eigenvalue weighted by Gasteiger charge is 2.31. The summed E-state index contributed by atoms with van der Waals surface area (Å²) in [7, 11) is 1.07. The number of nitrogens with one attached hydrogen (secondary N) is 3. The van der Waals surface area contributed by atoms with Gasteiger partial charge in [0, 0.05) is 6.42 Å². The van der Waals surface area contributed by atoms with E-state index in [4.69, 9.17) is 15.6 Å². The molecule has 0 aliphatic carbocycles. The molecule has 6 N–H and O–H groups in total. The number of hydrogen-bond donors (Lipinski definition) is 5. The van der Waals surface area contributed by atoms with Gasteiger partial charge in [-0.05, 0) is 36.9 Å². The number of unbranched alkanes of at least 4 members (excludes halogenated alkanes) is 1. The first-order chi connectivity index (χ1) is 19.2. The van der Waals surface area contributed by atoms with Gasteiger partial charge in [0.1, 0.15) is 24.7 Å². The second-order valence-electron chi connectivity index (χ2n) is 8.98. The van der Waals surface area contributed by atoms with Gasteiger partial charge in [-0.3, -0.25) is 14.4 Å². The van der Waals surface area contributed by atoms with Crippen molar-refractivity contribution in [2.24, 2.45) is 5.73 Å². The second-order valence-corrected chi connectivity index (χ2v) is 8.98. The number of carboxylic acid groups (broad SMARTS) is 1. The van der Waals surface area contributed by atoms with Crippen molar-refractivity contribution in [3.8, 4) is 0 Å². The Kier molecular flexibility index (Phi) is 13.7. The van der Waals surface area contributed by atoms with Crippen LogP contribution in [0.3, 0.4) is 0 Å². The van der Waals surface area contributed by atoms with Crippen molar-refractivity contribution in [1.82, 2.24) is 16.0 Å². The van der Waals surface area contributed by atoms with Gasteiger partial charge in [-0.25, -0.2) is 9.59 Å². The monoisotopic (exact) mass is 556 g/mol. The highest BCUT2D eigenvalue weighted by atomic mass is 16.5. The number of ether oxygens (including phenoxy) is 2. The minimum atomic E-state index is -1.46. The SMILES string of the molecule is COC(=O)[C@H](CC(=O)O)NC(=O)[C@H](Cc1ccccc1)NC(=O)[C@H](CCCCN)NC(=O)OCc1ccccc1. The fraction of sp³-hybridized carbons (Fsp3) is 0.393. The van der Waals surface area contributed by atoms with E-state index in [-0.39, 0.29) is 19.4 Å². The van der Waals surface area contributed by atoms with Gasteiger partial charge in [0.15, 0.2) is 0 Å². The standard InChI is InChI=1S/C28H36N4O8/c1-39-27(37)23(17-24(33)34)31-26(36)22(16-19-10-4-2-5-11-19)30-25(35)21(14-8-9-15-29)32-28(38)40-18-20-12-6-3-7-13-20/h2-7,10-13,21-23H,8-9,14-18,29H2,1H3,(H,30,35)(H,31,36)(H,32,38)(H,33,34)/t21-,22-,23-/m0/s1. The molecule has 40 heavy (non-hydrogen) atoms. The summed E-state index contributed by atoms with van der Waals surface area (Å²) in [6, 6.07) is 14.1. The van der Waals surface area contributed by atoms with E-state index in [2.05, 4.69) is 20.7 Å². The smallest absolute Gasteiger partial charge is 0.408 e. The first-order valence-electron chi connectivity index (χ1n) is 12.8. The number of nitrogens with two attached hydrogens (primary N) is 1. The molecule has 216 valence electrons. The van der Waals surface area contributed by atoms with Crippen LogP contribution in [0.15, 0.2) is 60.7 Å². The number of benzene rings is 2. The maximum Gasteiger partial charge on any atom is 0.408 e. The van der Waals surface area contributed by atoms with E-state index in [0.29, 0.717) is 24.9 Å². The largest absolute Gasteiger partial charge is 0.481 e. The predicted octanol–water partition coefficient (Wildman–Crippen LogP) is 1.27. The van der Waals surface area contributed by atoms with Crippen LogP contribution in [0.25, 0.3) is 0 Å². The quantitative estimate of drug-likeness (QED) is 0.150. The molecule has 0 radical (unpaired) electrons. The number of carboxylic acids is 1. The van der Waals surface area contributed by atoms with E-state index < -0.39 is 54.4 Å². The molecule has 0 unspecified atom stereocenters. The summed E-state index contributed by atoms with van der Waals surface area (Å²) in [6.07, 6.45) is -0.130. The molecule has 2 aromatic carbocycles. The van der Waals surface area contributed by atoms with Gasteiger partial charge in [0.25, 0.3) is 0 Å². The Bertz CT molecular complexity index is 1110. The molecule has 3 atom stereocenters. The molecular formula is C28H36N4O8. The van der Waals surface area contributed by atoms with Gasteiger partial charge in [0.2, 0.25) is 11.8 Å². The van der Waals surface area contributed by atoms with Crippen LogP contribution in [0, 0.1) is 0 Å². The normalized spacial score (nSPS) is 12.8. The van der Waals surface area contributed by atoms with Gasteiger partial charge in [-0.15, -0.1) is 0 Å². The van der Waals surface area contributed by atoms with Gasteiger partial charge in [-0.1, -0.05) is 60.7 Å². The highest BCUT2D eigenvalue weighted by molar-refractivity contribution is 5.94. The number of carbonyl (C=O) groups excluding carboxylic acids is 4. The maximum atomic E-state index is 13.3. The van der Waals surface area contributed by atoms with Crippen LogP contribution >= 0.6 is 0 Å². The first kappa shape index (κ1) is 31.8. The number of hydrogen-bond acceptors (Lipinski definition) is 8. The lowest BCUT2D eigenvalue weighted by molar-refractivity contribution is -0.149. The van der Waals surface area contributed by atoms with Crippen LogP contribution in [-0.4, -0.2) is 66.7 Å². The molecule has 12 nitrogen and oxygen atoms in total. The molecule has 0 heterocycles. The Labute approximate surface area is 232 Å². The van der Waals surface area contributed by atoms with E-state index in [1.54, 1.807) is 54.6 Å². The van der Waals surface area contributed by atoms with Gasteiger partial charge < -0.3 is 36.3 Å². The maximum absolute atomic E-state index is 13.3. The topological polar surface area (TPSA) is 186 Å². The van der Waals surface area contributed by atoms with Crippen molar-refractivity contribution in [3.05, 3.63) is 71.8 Å². The Morgan fingerprint density at radius 1 is 0.800 bits per heavy atom. The van der Waals surface area contributed by atoms with Crippen LogP contribution in [0.2, 0.25) is 0 Å². The molecule has 0 aliphatic heterocycles. The summed E-state index contributed by atoms with van der Waals surface area (Å²) in [5.41, 5.74) is 7.05. The number of rotatable bonds is 16. The Morgan fingerprint density at radius 3 is 1.95 bits per heavy atom. The molecule has 2 aromatic rings. The summed E-state index contributed by atoms with van der Waals surface area (Å²) < 4.78 is 9.86. The lowest BCUT2D eigenvalue weighted by Gasteiger charge is -2.24. The summed E-state index contributed by atoms with van der Waals surface area (Å²) in [5.74, 6) is -3.71. The number of esters is 1. The van der Waals surface area contributed by atoms with Gasteiger partial charge in [-0.2, -0.15) is 0 Å². The molecule has 0 saturated heterocycles. The molecule has 0 bridgehead atoms. The number of aliphatic carboxylic acids is 1. The number of amides is 3. The molecule has 0 fully saturated rings. The Hall–Kier alpha value is -4.45. The molecular weight excluding hydrogens is 520 g/mol. The minimum absolute atomic E-state index is 0.00133. The van der Waals surface area contributed by atoms with Crippen LogP contribution in [0.1, 0.15) is 36.8 Å². The van der Waals surface area contributed by atoms with E-state index in [1.807, 2.05) is 6.07 Å². The molecule has 0 saturated carbocycles. The fourth-order valence-electron chi connectivity index (χ4n) is 3.78. The third-order valence-corrected chi connectivity index (χ3v) is 5.86. The zero-order valence-corrected chi connectivity index (χ0v) is 22.3. The molecule has 2 rings (SSSR count). The van der Waals surface area contributed by atoms with Crippen molar-refractivity contribution < 1.29 is 38.6 Å². The van der Waals surface area contributed by atoms with Crippen LogP contribution in [-0.2, 0) is 41.7 Å². The van der Waals surface area contributed by atoms with E-state index in [0.717, 1.165) is 12.7 Å². The second kappa shape index (κ2) is 17.2. The molecule has 0 spiro atoms. The third-order valence-electron chi connectivity index (χ3n) is 5.86. The van der Waals surface area contributed by atoms with Crippen LogP contribution in [0.5, 0.6) is 0 Å². The van der Waals surface area contributed by atoms with Crippen molar-refractivity contribution in [1.29, 1.82) is 0 Å². The Balaban J connectivity index is 2.18. The number of alkyl carbamates (subject to hydrolysis) is 1. The zero-order chi connectivity index (χ0) is 29.3. The van der Waals surface area contributed by atoms with Crippen LogP contribution in [0.4, 0.5) is 4.79 Å². The van der Waals surface area contributed by atoms with Gasteiger partial charge in [0.05, 0.1) is 13.5 Å². The summed E-state index contributed by atoms with van der Waals surface area (Å²) in [5, 5.41) is 16.7. The van der Waals surface area contributed by atoms with Gasteiger partial charge >= 0.3 is 18.0 Å². The summed E-state index contributed by atoms with van der Waals surface area (Å²) >= 11 is 0. The first-order valence-corrected chi connectivity index (χ1v) is 12.8. The summed E-state index contributed by atoms with van der Waals surface area (Å²) in [4.78, 5) is 62.3. The van der Waals surface area contributed by atoms with Crippen LogP contribution < -0.4 is 21.7 Å². The molecule has 3 amide bonds. The van der Waals surface area contributed by atoms with E-state index in [1.165, 1.54) is 0 Å². The molecule has 12 heteroatoms. The van der Waals surface area contributed by atoms with Crippen molar-refractivity contribution in [2.45, 2.75) is 56.8 Å². The summed E-state index contributed by atoms with van der Waals surface area (Å²) in [6.45, 7) is 0.395. The average molecular weight is 557 g/mol. The van der Waals surface area contributed by atoms with E-state index in [9.17, 15) is 24.0 Å². The number of carbonyl (C=O) groups is 5. The minimum Gasteiger partial charge on any atom is -0.481 e. The third kappa shape index (κ3) is 11.5. The Morgan fingerprint density at radius 2 is 1.38 bits per heavy atom. The molecule has 0 aromatic heterocycles. The molecule has 0 aliphatic rings. The predicted molar refractivity (Wildman–Crippen MR) is 145 cm³/mol. The van der Waals surface area contributed by atoms with Crippen molar-refractivity contribution in [3.63, 3.8) is 0 Å². The van der Waals surface area contributed by atoms with Crippen molar-refractivity contribution in [2.75, 3.05) is 13.7 Å². The van der Waals surface area contributed by atoms with E-state index >= 15 is 0 Å². The fourth-order valence-corrected chi connectivity index (χ4v) is 3.78.